The van der Waals surface area contributed by atoms with E-state index >= 15 is 0 Å². The van der Waals surface area contributed by atoms with Gasteiger partial charge in [0.05, 0.1) is 20.1 Å². The molecule has 0 spiro atoms. The number of likely N-dealkylation sites (N-methyl/N-ethyl adjacent to an activating group) is 1. The van der Waals surface area contributed by atoms with Crippen LogP contribution in [0.4, 0.5) is 0 Å². The van der Waals surface area contributed by atoms with Crippen LogP contribution < -0.4 is 28.7 Å². The number of unbranched alkanes of at least 4 members (excludes halogenated alkanes) is 4. The molecule has 2 aromatic rings. The largest absolute Gasteiger partial charge is 1.00 e. The summed E-state index contributed by atoms with van der Waals surface area (Å²) in [5, 5.41) is 0.725. The fraction of sp³-hybridized carbons (Fsp3) is 0.500. The van der Waals surface area contributed by atoms with E-state index in [2.05, 4.69) is 26.1 Å². The number of hydrogen-bond donors (Lipinski definition) is 0. The molecule has 2 heterocycles. The average Bonchev–Trinajstić information content (AvgIpc) is 3.06. The van der Waals surface area contributed by atoms with Crippen molar-refractivity contribution in [2.45, 2.75) is 57.3 Å². The highest BCUT2D eigenvalue weighted by molar-refractivity contribution is 6.30. The Balaban J connectivity index is 0.00000289. The Hall–Kier alpha value is -1.31. The average molecular weight is 570 g/mol. The lowest BCUT2D eigenvalue weighted by Gasteiger charge is -2.29. The molecule has 4 nitrogen and oxygen atoms in total. The lowest BCUT2D eigenvalue weighted by molar-refractivity contribution is -0.915. The first kappa shape index (κ1) is 25.3. The molecule has 1 unspecified atom stereocenters. The first-order valence-electron chi connectivity index (χ1n) is 11.5. The Labute approximate surface area is 213 Å². The fourth-order valence-electron chi connectivity index (χ4n) is 5.09. The topological polar surface area (TPSA) is 35.5 Å². The zero-order valence-electron chi connectivity index (χ0n) is 19.0. The molecular formula is C26H33ClINO3. The Bertz CT molecular complexity index is 937. The number of esters is 1. The van der Waals surface area contributed by atoms with Crippen LogP contribution in [-0.2, 0) is 9.53 Å². The molecule has 0 N–H and O–H groups in total. The SMILES string of the molecule is CCCCCCCC(=O)OC[N+]1(C)C[C@H]2c3ccccc3Oc3ccc(Cl)cc3[C@@H]2C1.[I-]. The maximum Gasteiger partial charge on any atom is 0.310 e. The van der Waals surface area contributed by atoms with Gasteiger partial charge >= 0.3 is 5.97 Å². The van der Waals surface area contributed by atoms with Gasteiger partial charge in [-0.15, -0.1) is 0 Å². The molecule has 0 radical (unpaired) electrons. The molecule has 32 heavy (non-hydrogen) atoms. The van der Waals surface area contributed by atoms with E-state index in [1.54, 1.807) is 0 Å². The first-order chi connectivity index (χ1) is 15.0. The lowest BCUT2D eigenvalue weighted by atomic mass is 9.84. The van der Waals surface area contributed by atoms with E-state index in [4.69, 9.17) is 21.1 Å². The van der Waals surface area contributed by atoms with Crippen LogP contribution in [-0.4, -0.2) is 37.3 Å². The van der Waals surface area contributed by atoms with E-state index < -0.39 is 0 Å². The van der Waals surface area contributed by atoms with Crippen molar-refractivity contribution < 1.29 is 42.7 Å². The van der Waals surface area contributed by atoms with Crippen molar-refractivity contribution in [3.8, 4) is 11.5 Å². The highest BCUT2D eigenvalue weighted by Crippen LogP contribution is 2.51. The molecule has 1 saturated heterocycles. The molecule has 1 fully saturated rings. The predicted molar refractivity (Wildman–Crippen MR) is 124 cm³/mol. The molecule has 0 bridgehead atoms. The zero-order valence-corrected chi connectivity index (χ0v) is 21.9. The molecule has 4 rings (SSSR count). The Kier molecular flexibility index (Phi) is 8.87. The minimum absolute atomic E-state index is 0. The number of likely N-dealkylation sites (tertiary alicyclic amines) is 1. The maximum absolute atomic E-state index is 12.3. The minimum atomic E-state index is -0.0740. The van der Waals surface area contributed by atoms with Gasteiger partial charge in [-0.05, 0) is 30.7 Å². The molecule has 2 aliphatic heterocycles. The lowest BCUT2D eigenvalue weighted by Crippen LogP contribution is -3.00. The molecule has 2 aromatic carbocycles. The van der Waals surface area contributed by atoms with E-state index in [1.165, 1.54) is 24.8 Å². The highest BCUT2D eigenvalue weighted by Gasteiger charge is 2.48. The van der Waals surface area contributed by atoms with Crippen LogP contribution in [0.25, 0.3) is 0 Å². The number of carbonyl (C=O) groups is 1. The molecule has 0 aromatic heterocycles. The molecule has 6 heteroatoms. The number of para-hydroxylation sites is 1. The summed E-state index contributed by atoms with van der Waals surface area (Å²) in [6.45, 7) is 4.41. The molecule has 0 amide bonds. The Morgan fingerprint density at radius 1 is 1.03 bits per heavy atom. The van der Waals surface area contributed by atoms with Crippen molar-refractivity contribution in [3.63, 3.8) is 0 Å². The summed E-state index contributed by atoms with van der Waals surface area (Å²) in [7, 11) is 2.19. The second-order valence-electron chi connectivity index (χ2n) is 9.33. The number of fused-ring (bicyclic) bond motifs is 5. The number of rotatable bonds is 8. The van der Waals surface area contributed by atoms with E-state index in [0.29, 0.717) is 23.6 Å². The summed E-state index contributed by atoms with van der Waals surface area (Å²) in [5.41, 5.74) is 2.38. The van der Waals surface area contributed by atoms with E-state index in [-0.39, 0.29) is 35.9 Å². The maximum atomic E-state index is 12.3. The standard InChI is InChI=1S/C26H33ClNO3.HI/c1-3-4-5-6-7-12-26(29)30-18-28(2)16-22-20-10-8-9-11-24(20)31-25-14-13-19(27)15-21(25)23(22)17-28;/h8-11,13-15,22-23H,3-7,12,16-18H2,1-2H3;1H/q+1;/p-1/t22-,23-,28?;/m0./s1. The van der Waals surface area contributed by atoms with Crippen LogP contribution in [0.15, 0.2) is 42.5 Å². The van der Waals surface area contributed by atoms with Gasteiger partial charge in [-0.1, -0.05) is 62.4 Å². The fourth-order valence-corrected chi connectivity index (χ4v) is 5.27. The van der Waals surface area contributed by atoms with Gasteiger partial charge in [0.15, 0.2) is 0 Å². The van der Waals surface area contributed by atoms with Crippen molar-refractivity contribution in [2.75, 3.05) is 26.9 Å². The highest BCUT2D eigenvalue weighted by atomic mass is 127. The van der Waals surface area contributed by atoms with Gasteiger partial charge in [0.2, 0.25) is 6.73 Å². The van der Waals surface area contributed by atoms with Crippen LogP contribution in [0.1, 0.15) is 68.4 Å². The molecule has 174 valence electrons. The quantitative estimate of drug-likeness (QED) is 0.211. The van der Waals surface area contributed by atoms with Crippen molar-refractivity contribution in [3.05, 3.63) is 58.6 Å². The van der Waals surface area contributed by atoms with Crippen molar-refractivity contribution >= 4 is 17.6 Å². The zero-order chi connectivity index (χ0) is 21.8. The normalized spacial score (nSPS) is 23.1. The van der Waals surface area contributed by atoms with Gasteiger partial charge < -0.3 is 33.5 Å². The second kappa shape index (κ2) is 11.2. The summed E-state index contributed by atoms with van der Waals surface area (Å²) in [4.78, 5) is 12.3. The number of nitrogens with zero attached hydrogens (tertiary/aromatic N) is 1. The predicted octanol–water partition coefficient (Wildman–Crippen LogP) is 3.64. The third kappa shape index (κ3) is 5.78. The number of hydrogen-bond acceptors (Lipinski definition) is 3. The van der Waals surface area contributed by atoms with Crippen molar-refractivity contribution in [1.29, 1.82) is 0 Å². The number of carbonyl (C=O) groups excluding carboxylic acids is 1. The monoisotopic (exact) mass is 569 g/mol. The molecular weight excluding hydrogens is 537 g/mol. The molecule has 0 aliphatic carbocycles. The summed E-state index contributed by atoms with van der Waals surface area (Å²) < 4.78 is 12.7. The summed E-state index contributed by atoms with van der Waals surface area (Å²) >= 11 is 6.36. The minimum Gasteiger partial charge on any atom is -1.00 e. The summed E-state index contributed by atoms with van der Waals surface area (Å²) in [6.07, 6.45) is 6.20. The third-order valence-corrected chi connectivity index (χ3v) is 6.93. The van der Waals surface area contributed by atoms with Gasteiger partial charge in [0.1, 0.15) is 11.5 Å². The number of benzene rings is 2. The van der Waals surface area contributed by atoms with Crippen LogP contribution in [0.5, 0.6) is 11.5 Å². The van der Waals surface area contributed by atoms with Crippen LogP contribution in [0.2, 0.25) is 5.02 Å². The van der Waals surface area contributed by atoms with Gasteiger partial charge in [0.25, 0.3) is 0 Å². The molecule has 2 aliphatic rings. The number of ether oxygens (including phenoxy) is 2. The number of halogens is 2. The van der Waals surface area contributed by atoms with Crippen LogP contribution >= 0.6 is 11.6 Å². The van der Waals surface area contributed by atoms with E-state index in [1.807, 2.05) is 30.3 Å². The Morgan fingerprint density at radius 3 is 2.50 bits per heavy atom. The first-order valence-corrected chi connectivity index (χ1v) is 11.9. The van der Waals surface area contributed by atoms with Gasteiger partial charge in [0, 0.05) is 34.4 Å². The van der Waals surface area contributed by atoms with Gasteiger partial charge in [-0.3, -0.25) is 9.28 Å². The van der Waals surface area contributed by atoms with Crippen LogP contribution in [0, 0.1) is 0 Å². The van der Waals surface area contributed by atoms with Crippen molar-refractivity contribution in [2.24, 2.45) is 0 Å². The molecule has 3 atom stereocenters. The summed E-state index contributed by atoms with van der Waals surface area (Å²) in [5.74, 6) is 2.29. The smallest absolute Gasteiger partial charge is 0.310 e. The molecule has 0 saturated carbocycles. The second-order valence-corrected chi connectivity index (χ2v) is 9.77. The Morgan fingerprint density at radius 2 is 1.72 bits per heavy atom. The van der Waals surface area contributed by atoms with E-state index in [9.17, 15) is 4.79 Å². The van der Waals surface area contributed by atoms with Crippen molar-refractivity contribution in [1.82, 2.24) is 0 Å². The van der Waals surface area contributed by atoms with Crippen LogP contribution in [0.3, 0.4) is 0 Å². The van der Waals surface area contributed by atoms with Gasteiger partial charge in [-0.2, -0.15) is 0 Å². The summed E-state index contributed by atoms with van der Waals surface area (Å²) in [6, 6.07) is 14.2. The third-order valence-electron chi connectivity index (χ3n) is 6.69. The van der Waals surface area contributed by atoms with Gasteiger partial charge in [-0.25, -0.2) is 0 Å². The number of quaternary nitrogens is 1. The van der Waals surface area contributed by atoms with E-state index in [0.717, 1.165) is 48.0 Å².